The monoisotopic (exact) mass is 293 g/mol. The largest absolute Gasteiger partial charge is 0.478 e. The van der Waals surface area contributed by atoms with E-state index in [2.05, 4.69) is 6.92 Å². The predicted molar refractivity (Wildman–Crippen MR) is 80.2 cm³/mol. The van der Waals surface area contributed by atoms with Gasteiger partial charge in [-0.2, -0.15) is 11.8 Å². The highest BCUT2D eigenvalue weighted by Gasteiger charge is 2.23. The number of carboxylic acid groups (broad SMARTS) is 1. The summed E-state index contributed by atoms with van der Waals surface area (Å²) in [4.78, 5) is 25.1. The highest BCUT2D eigenvalue weighted by atomic mass is 32.2. The summed E-state index contributed by atoms with van der Waals surface area (Å²) in [5.41, 5.74) is 0.997. The van der Waals surface area contributed by atoms with Crippen LogP contribution in [0.2, 0.25) is 0 Å². The average molecular weight is 293 g/mol. The van der Waals surface area contributed by atoms with Gasteiger partial charge in [-0.05, 0) is 24.1 Å². The van der Waals surface area contributed by atoms with Crippen molar-refractivity contribution >= 4 is 23.6 Å². The van der Waals surface area contributed by atoms with Gasteiger partial charge in [0.05, 0.1) is 12.0 Å². The Morgan fingerprint density at radius 1 is 1.45 bits per heavy atom. The van der Waals surface area contributed by atoms with Gasteiger partial charge < -0.3 is 10.0 Å². The molecule has 0 spiro atoms. The fourth-order valence-electron chi connectivity index (χ4n) is 2.29. The fraction of sp³-hybridized carbons (Fsp3) is 0.467. The van der Waals surface area contributed by atoms with Gasteiger partial charge in [-0.1, -0.05) is 19.1 Å². The molecular weight excluding hydrogens is 274 g/mol. The van der Waals surface area contributed by atoms with Gasteiger partial charge in [0.15, 0.2) is 0 Å². The zero-order valence-corrected chi connectivity index (χ0v) is 12.4. The number of carbonyl (C=O) groups excluding carboxylic acids is 1. The summed E-state index contributed by atoms with van der Waals surface area (Å²) in [5, 5.41) is 9.49. The summed E-state index contributed by atoms with van der Waals surface area (Å²) in [6.07, 6.45) is 1.35. The first kappa shape index (κ1) is 14.9. The second-order valence-electron chi connectivity index (χ2n) is 4.92. The number of benzene rings is 1. The molecular formula is C15H19NO3S. The average Bonchev–Trinajstić information content (AvgIpc) is 2.47. The molecule has 1 N–H and O–H groups in total. The topological polar surface area (TPSA) is 57.6 Å². The van der Waals surface area contributed by atoms with E-state index in [1.165, 1.54) is 0 Å². The lowest BCUT2D eigenvalue weighted by Crippen LogP contribution is -2.42. The van der Waals surface area contributed by atoms with E-state index >= 15 is 0 Å². The molecule has 5 heteroatoms. The van der Waals surface area contributed by atoms with Crippen molar-refractivity contribution in [2.45, 2.75) is 25.0 Å². The first-order valence-electron chi connectivity index (χ1n) is 6.81. The van der Waals surface area contributed by atoms with Crippen molar-refractivity contribution in [2.75, 3.05) is 18.8 Å². The van der Waals surface area contributed by atoms with E-state index in [9.17, 15) is 9.59 Å². The summed E-state index contributed by atoms with van der Waals surface area (Å²) in [7, 11) is 0. The molecule has 0 radical (unpaired) electrons. The van der Waals surface area contributed by atoms with Gasteiger partial charge in [0.25, 0.3) is 0 Å². The summed E-state index contributed by atoms with van der Waals surface area (Å²) in [6.45, 7) is 3.74. The Balaban J connectivity index is 2.00. The fourth-order valence-corrected chi connectivity index (χ4v) is 3.47. The minimum atomic E-state index is -0.959. The van der Waals surface area contributed by atoms with Crippen LogP contribution in [0.3, 0.4) is 0 Å². The normalized spacial score (nSPS) is 18.9. The van der Waals surface area contributed by atoms with Crippen LogP contribution in [0.5, 0.6) is 0 Å². The van der Waals surface area contributed by atoms with Gasteiger partial charge in [0.2, 0.25) is 5.91 Å². The standard InChI is InChI=1S/C15H19NO3S/c1-2-13-10-16(6-7-20-13)14(17)9-11-4-3-5-12(8-11)15(18)19/h3-5,8,13H,2,6-7,9-10H2,1H3,(H,18,19). The van der Waals surface area contributed by atoms with Crippen molar-refractivity contribution in [1.29, 1.82) is 0 Å². The second-order valence-corrected chi connectivity index (χ2v) is 6.33. The van der Waals surface area contributed by atoms with Crippen molar-refractivity contribution in [3.63, 3.8) is 0 Å². The highest BCUT2D eigenvalue weighted by molar-refractivity contribution is 8.00. The third-order valence-corrected chi connectivity index (χ3v) is 4.85. The Kier molecular flexibility index (Phi) is 5.06. The molecule has 108 valence electrons. The number of rotatable bonds is 4. The van der Waals surface area contributed by atoms with Crippen LogP contribution >= 0.6 is 11.8 Å². The second kappa shape index (κ2) is 6.79. The molecule has 1 unspecified atom stereocenters. The summed E-state index contributed by atoms with van der Waals surface area (Å²) >= 11 is 1.93. The number of hydrogen-bond acceptors (Lipinski definition) is 3. The van der Waals surface area contributed by atoms with E-state index in [-0.39, 0.29) is 17.9 Å². The zero-order valence-electron chi connectivity index (χ0n) is 11.5. The molecule has 0 saturated carbocycles. The quantitative estimate of drug-likeness (QED) is 0.925. The van der Waals surface area contributed by atoms with Crippen LogP contribution < -0.4 is 0 Å². The van der Waals surface area contributed by atoms with Gasteiger partial charge in [-0.25, -0.2) is 4.79 Å². The number of thioether (sulfide) groups is 1. The van der Waals surface area contributed by atoms with Gasteiger partial charge in [-0.3, -0.25) is 4.79 Å². The number of carbonyl (C=O) groups is 2. The van der Waals surface area contributed by atoms with Crippen LogP contribution in [0.1, 0.15) is 29.3 Å². The lowest BCUT2D eigenvalue weighted by Gasteiger charge is -2.32. The molecule has 1 heterocycles. The number of hydrogen-bond donors (Lipinski definition) is 1. The molecule has 1 saturated heterocycles. The Labute approximate surface area is 123 Å². The van der Waals surface area contributed by atoms with Crippen LogP contribution in [0.15, 0.2) is 24.3 Å². The number of carboxylic acids is 1. The van der Waals surface area contributed by atoms with Gasteiger partial charge in [-0.15, -0.1) is 0 Å². The maximum atomic E-state index is 12.3. The van der Waals surface area contributed by atoms with Crippen molar-refractivity contribution in [3.8, 4) is 0 Å². The van der Waals surface area contributed by atoms with E-state index in [0.717, 1.165) is 30.8 Å². The molecule has 2 rings (SSSR count). The van der Waals surface area contributed by atoms with Crippen molar-refractivity contribution in [2.24, 2.45) is 0 Å². The maximum Gasteiger partial charge on any atom is 0.335 e. The summed E-state index contributed by atoms with van der Waals surface area (Å²) in [6, 6.07) is 6.62. The number of amides is 1. The van der Waals surface area contributed by atoms with Crippen LogP contribution in [0.4, 0.5) is 0 Å². The molecule has 1 aliphatic heterocycles. The minimum absolute atomic E-state index is 0.0892. The molecule has 1 aromatic carbocycles. The Morgan fingerprint density at radius 2 is 2.25 bits per heavy atom. The van der Waals surface area contributed by atoms with Crippen LogP contribution in [-0.2, 0) is 11.2 Å². The Bertz CT molecular complexity index is 504. The SMILES string of the molecule is CCC1CN(C(=O)Cc2cccc(C(=O)O)c2)CCS1. The van der Waals surface area contributed by atoms with Crippen molar-refractivity contribution < 1.29 is 14.7 Å². The Morgan fingerprint density at radius 3 is 2.95 bits per heavy atom. The molecule has 0 aliphatic carbocycles. The summed E-state index contributed by atoms with van der Waals surface area (Å²) in [5.74, 6) is 0.116. The van der Waals surface area contributed by atoms with Crippen molar-refractivity contribution in [3.05, 3.63) is 35.4 Å². The molecule has 1 aromatic rings. The predicted octanol–water partition coefficient (Wildman–Crippen LogP) is 2.28. The van der Waals surface area contributed by atoms with E-state index in [0.29, 0.717) is 5.25 Å². The first-order valence-corrected chi connectivity index (χ1v) is 7.86. The molecule has 1 atom stereocenters. The van der Waals surface area contributed by atoms with E-state index in [4.69, 9.17) is 5.11 Å². The van der Waals surface area contributed by atoms with E-state index in [1.54, 1.807) is 24.3 Å². The molecule has 1 aliphatic rings. The molecule has 0 bridgehead atoms. The minimum Gasteiger partial charge on any atom is -0.478 e. The van der Waals surface area contributed by atoms with Gasteiger partial charge in [0.1, 0.15) is 0 Å². The summed E-state index contributed by atoms with van der Waals surface area (Å²) < 4.78 is 0. The molecule has 20 heavy (non-hydrogen) atoms. The Hall–Kier alpha value is -1.49. The van der Waals surface area contributed by atoms with Crippen LogP contribution in [-0.4, -0.2) is 46.0 Å². The maximum absolute atomic E-state index is 12.3. The van der Waals surface area contributed by atoms with Gasteiger partial charge in [0, 0.05) is 24.1 Å². The first-order chi connectivity index (χ1) is 9.60. The van der Waals surface area contributed by atoms with E-state index < -0.39 is 5.97 Å². The molecule has 1 amide bonds. The lowest BCUT2D eigenvalue weighted by molar-refractivity contribution is -0.130. The third kappa shape index (κ3) is 3.76. The molecule has 4 nitrogen and oxygen atoms in total. The third-order valence-electron chi connectivity index (χ3n) is 3.48. The smallest absolute Gasteiger partial charge is 0.335 e. The number of aromatic carboxylic acids is 1. The molecule has 1 fully saturated rings. The van der Waals surface area contributed by atoms with E-state index in [1.807, 2.05) is 16.7 Å². The van der Waals surface area contributed by atoms with Gasteiger partial charge >= 0.3 is 5.97 Å². The number of nitrogens with zero attached hydrogens (tertiary/aromatic N) is 1. The van der Waals surface area contributed by atoms with Crippen LogP contribution in [0, 0.1) is 0 Å². The highest BCUT2D eigenvalue weighted by Crippen LogP contribution is 2.21. The molecule has 0 aromatic heterocycles. The lowest BCUT2D eigenvalue weighted by atomic mass is 10.1. The van der Waals surface area contributed by atoms with Crippen LogP contribution in [0.25, 0.3) is 0 Å². The zero-order chi connectivity index (χ0) is 14.5. The van der Waals surface area contributed by atoms with Crippen molar-refractivity contribution in [1.82, 2.24) is 4.90 Å².